The van der Waals surface area contributed by atoms with Crippen molar-refractivity contribution in [3.8, 4) is 23.0 Å². The minimum absolute atomic E-state index is 0.193. The van der Waals surface area contributed by atoms with E-state index in [1.165, 1.54) is 5.39 Å². The fourth-order valence-electron chi connectivity index (χ4n) is 2.44. The number of benzene rings is 3. The van der Waals surface area contributed by atoms with Crippen LogP contribution in [-0.2, 0) is 6.61 Å². The van der Waals surface area contributed by atoms with Crippen molar-refractivity contribution in [3.05, 3.63) is 72.6 Å². The van der Waals surface area contributed by atoms with E-state index in [9.17, 15) is 5.11 Å². The molecule has 0 amide bonds. The summed E-state index contributed by atoms with van der Waals surface area (Å²) in [5, 5.41) is 15.5. The topological polar surface area (TPSA) is 68.4 Å². The van der Waals surface area contributed by atoms with Crippen molar-refractivity contribution < 1.29 is 14.4 Å². The van der Waals surface area contributed by atoms with Gasteiger partial charge in [0.2, 0.25) is 5.82 Å². The van der Waals surface area contributed by atoms with E-state index in [0.29, 0.717) is 11.7 Å². The minimum Gasteiger partial charge on any atom is -0.508 e. The molecule has 4 rings (SSSR count). The third-order valence-electron chi connectivity index (χ3n) is 3.67. The predicted molar refractivity (Wildman–Crippen MR) is 89.7 cm³/mol. The fraction of sp³-hybridized carbons (Fsp3) is 0.0526. The van der Waals surface area contributed by atoms with Gasteiger partial charge in [0.15, 0.2) is 6.61 Å². The van der Waals surface area contributed by atoms with E-state index in [1.807, 2.05) is 36.4 Å². The van der Waals surface area contributed by atoms with Gasteiger partial charge in [0, 0.05) is 5.56 Å². The smallest absolute Gasteiger partial charge is 0.258 e. The summed E-state index contributed by atoms with van der Waals surface area (Å²) in [6, 6.07) is 20.6. The van der Waals surface area contributed by atoms with Crippen molar-refractivity contribution in [1.82, 2.24) is 10.1 Å². The lowest BCUT2D eigenvalue weighted by Crippen LogP contribution is -1.97. The van der Waals surface area contributed by atoms with Gasteiger partial charge in [-0.3, -0.25) is 0 Å². The molecule has 0 fully saturated rings. The van der Waals surface area contributed by atoms with Gasteiger partial charge in [-0.25, -0.2) is 0 Å². The highest BCUT2D eigenvalue weighted by Gasteiger charge is 2.09. The van der Waals surface area contributed by atoms with Gasteiger partial charge < -0.3 is 14.4 Å². The van der Waals surface area contributed by atoms with Crippen LogP contribution in [0.25, 0.3) is 22.2 Å². The Morgan fingerprint density at radius 3 is 2.54 bits per heavy atom. The van der Waals surface area contributed by atoms with Crippen molar-refractivity contribution >= 4 is 10.8 Å². The van der Waals surface area contributed by atoms with Crippen LogP contribution in [0.1, 0.15) is 5.82 Å². The minimum atomic E-state index is 0.193. The lowest BCUT2D eigenvalue weighted by molar-refractivity contribution is 0.287. The molecule has 0 aliphatic heterocycles. The average molecular weight is 318 g/mol. The maximum atomic E-state index is 9.31. The fourth-order valence-corrected chi connectivity index (χ4v) is 2.44. The van der Waals surface area contributed by atoms with Crippen LogP contribution in [0.3, 0.4) is 0 Å². The zero-order valence-corrected chi connectivity index (χ0v) is 12.7. The van der Waals surface area contributed by atoms with Gasteiger partial charge >= 0.3 is 0 Å². The number of phenols is 1. The zero-order chi connectivity index (χ0) is 16.4. The third kappa shape index (κ3) is 2.92. The first-order valence-electron chi connectivity index (χ1n) is 7.51. The standard InChI is InChI=1S/C19H14N2O3/c22-16-8-5-14(6-9-16)19-20-18(21-24-19)12-23-17-10-7-13-3-1-2-4-15(13)11-17/h1-11,22H,12H2. The molecule has 3 aromatic carbocycles. The second kappa shape index (κ2) is 6.04. The van der Waals surface area contributed by atoms with Crippen LogP contribution in [0.2, 0.25) is 0 Å². The first-order chi connectivity index (χ1) is 11.8. The Morgan fingerprint density at radius 2 is 1.71 bits per heavy atom. The molecule has 24 heavy (non-hydrogen) atoms. The normalized spacial score (nSPS) is 10.8. The Bertz CT molecular complexity index is 977. The maximum Gasteiger partial charge on any atom is 0.258 e. The van der Waals surface area contributed by atoms with Gasteiger partial charge in [0.05, 0.1) is 0 Å². The molecule has 5 nitrogen and oxygen atoms in total. The summed E-state index contributed by atoms with van der Waals surface area (Å²) in [5.74, 6) is 1.81. The van der Waals surface area contributed by atoms with E-state index < -0.39 is 0 Å². The number of rotatable bonds is 4. The van der Waals surface area contributed by atoms with E-state index in [1.54, 1.807) is 24.3 Å². The molecular weight excluding hydrogens is 304 g/mol. The van der Waals surface area contributed by atoms with Crippen LogP contribution < -0.4 is 4.74 Å². The highest BCUT2D eigenvalue weighted by Crippen LogP contribution is 2.22. The maximum absolute atomic E-state index is 9.31. The Labute approximate surface area is 138 Å². The van der Waals surface area contributed by atoms with Gasteiger partial charge in [-0.2, -0.15) is 4.98 Å². The molecular formula is C19H14N2O3. The number of hydrogen-bond acceptors (Lipinski definition) is 5. The molecule has 0 saturated carbocycles. The van der Waals surface area contributed by atoms with Crippen LogP contribution in [0, 0.1) is 0 Å². The molecule has 0 radical (unpaired) electrons. The molecule has 5 heteroatoms. The molecule has 0 unspecified atom stereocenters. The van der Waals surface area contributed by atoms with Crippen LogP contribution in [0.4, 0.5) is 0 Å². The number of aromatic nitrogens is 2. The van der Waals surface area contributed by atoms with E-state index >= 15 is 0 Å². The summed E-state index contributed by atoms with van der Waals surface area (Å²) in [7, 11) is 0. The van der Waals surface area contributed by atoms with Gasteiger partial charge in [0.25, 0.3) is 5.89 Å². The van der Waals surface area contributed by atoms with Gasteiger partial charge in [-0.1, -0.05) is 35.5 Å². The molecule has 0 aliphatic rings. The molecule has 1 aromatic heterocycles. The van der Waals surface area contributed by atoms with E-state index in [0.717, 1.165) is 16.7 Å². The highest BCUT2D eigenvalue weighted by atomic mass is 16.5. The Morgan fingerprint density at radius 1 is 0.917 bits per heavy atom. The molecule has 0 saturated heterocycles. The third-order valence-corrected chi connectivity index (χ3v) is 3.67. The molecule has 1 N–H and O–H groups in total. The summed E-state index contributed by atoms with van der Waals surface area (Å²) in [6.07, 6.45) is 0. The number of aromatic hydroxyl groups is 1. The van der Waals surface area contributed by atoms with E-state index in [4.69, 9.17) is 9.26 Å². The molecule has 118 valence electrons. The van der Waals surface area contributed by atoms with Gasteiger partial charge in [-0.05, 0) is 47.2 Å². The number of fused-ring (bicyclic) bond motifs is 1. The number of ether oxygens (including phenoxy) is 1. The first-order valence-corrected chi connectivity index (χ1v) is 7.51. The monoisotopic (exact) mass is 318 g/mol. The van der Waals surface area contributed by atoms with Crippen molar-refractivity contribution in [3.63, 3.8) is 0 Å². The molecule has 1 heterocycles. The lowest BCUT2D eigenvalue weighted by Gasteiger charge is -2.04. The molecule has 0 atom stereocenters. The molecule has 0 bridgehead atoms. The first kappa shape index (κ1) is 14.3. The summed E-state index contributed by atoms with van der Waals surface area (Å²) < 4.78 is 11.0. The van der Waals surface area contributed by atoms with Gasteiger partial charge in [-0.15, -0.1) is 0 Å². The SMILES string of the molecule is Oc1ccc(-c2nc(COc3ccc4ccccc4c3)no2)cc1. The molecule has 0 spiro atoms. The second-order valence-corrected chi connectivity index (χ2v) is 5.36. The zero-order valence-electron chi connectivity index (χ0n) is 12.7. The highest BCUT2D eigenvalue weighted by molar-refractivity contribution is 5.83. The second-order valence-electron chi connectivity index (χ2n) is 5.36. The number of hydrogen-bond donors (Lipinski definition) is 1. The van der Waals surface area contributed by atoms with Gasteiger partial charge in [0.1, 0.15) is 11.5 Å². The van der Waals surface area contributed by atoms with Crippen molar-refractivity contribution in [2.75, 3.05) is 0 Å². The van der Waals surface area contributed by atoms with Crippen molar-refractivity contribution in [2.45, 2.75) is 6.61 Å². The van der Waals surface area contributed by atoms with E-state index in [2.05, 4.69) is 16.2 Å². The summed E-state index contributed by atoms with van der Waals surface area (Å²) in [6.45, 7) is 0.222. The largest absolute Gasteiger partial charge is 0.508 e. The quantitative estimate of drug-likeness (QED) is 0.611. The summed E-state index contributed by atoms with van der Waals surface area (Å²) in [5.41, 5.74) is 0.747. The van der Waals surface area contributed by atoms with Crippen molar-refractivity contribution in [2.24, 2.45) is 0 Å². The van der Waals surface area contributed by atoms with Crippen LogP contribution in [-0.4, -0.2) is 15.2 Å². The lowest BCUT2D eigenvalue weighted by atomic mass is 10.1. The Kier molecular flexibility index (Phi) is 3.59. The Balaban J connectivity index is 1.48. The number of phenolic OH excluding ortho intramolecular Hbond substituents is 1. The van der Waals surface area contributed by atoms with Crippen LogP contribution in [0.15, 0.2) is 71.3 Å². The van der Waals surface area contributed by atoms with Crippen molar-refractivity contribution in [1.29, 1.82) is 0 Å². The average Bonchev–Trinajstić information content (AvgIpc) is 3.09. The Hall–Kier alpha value is -3.34. The molecule has 0 aliphatic carbocycles. The predicted octanol–water partition coefficient (Wildman–Crippen LogP) is 4.17. The number of nitrogens with zero attached hydrogens (tertiary/aromatic N) is 2. The van der Waals surface area contributed by atoms with Crippen LogP contribution in [0.5, 0.6) is 11.5 Å². The summed E-state index contributed by atoms with van der Waals surface area (Å²) >= 11 is 0. The van der Waals surface area contributed by atoms with E-state index in [-0.39, 0.29) is 12.4 Å². The van der Waals surface area contributed by atoms with Crippen LogP contribution >= 0.6 is 0 Å². The molecule has 4 aromatic rings. The summed E-state index contributed by atoms with van der Waals surface area (Å²) in [4.78, 5) is 4.30.